The van der Waals surface area contributed by atoms with E-state index in [1.807, 2.05) is 0 Å². The molecule has 0 heterocycles. The summed E-state index contributed by atoms with van der Waals surface area (Å²) in [6, 6.07) is 0. The molecule has 2 N–H and O–H groups in total. The Labute approximate surface area is 163 Å². The monoisotopic (exact) mass is 390 g/mol. The SMILES string of the molecule is CC1C[C@H]2[C@@H]3CCC4=CC(=O)C=C[C@]4(C)[C@@]3(F)C(=O)C[C@]2(C)[C@@]1(O)C(=O)CO. The number of alkyl halides is 1. The lowest BCUT2D eigenvalue weighted by Gasteiger charge is -2.59. The average molecular weight is 390 g/mol. The Morgan fingerprint density at radius 1 is 1.29 bits per heavy atom. The van der Waals surface area contributed by atoms with Gasteiger partial charge in [0.05, 0.1) is 0 Å². The predicted molar refractivity (Wildman–Crippen MR) is 98.9 cm³/mol. The first kappa shape index (κ1) is 19.6. The molecule has 0 amide bonds. The largest absolute Gasteiger partial charge is 0.388 e. The zero-order chi connectivity index (χ0) is 20.7. The summed E-state index contributed by atoms with van der Waals surface area (Å²) < 4.78 is 16.8. The van der Waals surface area contributed by atoms with Gasteiger partial charge in [-0.2, -0.15) is 0 Å². The summed E-state index contributed by atoms with van der Waals surface area (Å²) in [7, 11) is 0. The van der Waals surface area contributed by atoms with Gasteiger partial charge in [-0.25, -0.2) is 4.39 Å². The van der Waals surface area contributed by atoms with Crippen LogP contribution in [0.1, 0.15) is 46.5 Å². The van der Waals surface area contributed by atoms with Crippen LogP contribution in [0.4, 0.5) is 4.39 Å². The van der Waals surface area contributed by atoms with Crippen molar-refractivity contribution in [3.05, 3.63) is 23.8 Å². The number of rotatable bonds is 2. The average Bonchev–Trinajstić information content (AvgIpc) is 2.84. The molecule has 3 saturated carbocycles. The fourth-order valence-corrected chi connectivity index (χ4v) is 6.99. The number of ketones is 3. The molecule has 0 aromatic rings. The van der Waals surface area contributed by atoms with Crippen LogP contribution in [0.15, 0.2) is 23.8 Å². The van der Waals surface area contributed by atoms with E-state index < -0.39 is 52.1 Å². The van der Waals surface area contributed by atoms with Crippen LogP contribution < -0.4 is 0 Å². The molecule has 4 aliphatic rings. The normalized spacial score (nSPS) is 49.9. The highest BCUT2D eigenvalue weighted by Gasteiger charge is 2.75. The molecule has 5 nitrogen and oxygen atoms in total. The summed E-state index contributed by atoms with van der Waals surface area (Å²) in [5.74, 6) is -3.01. The second-order valence-corrected chi connectivity index (χ2v) is 9.57. The van der Waals surface area contributed by atoms with Crippen LogP contribution in [-0.2, 0) is 14.4 Å². The van der Waals surface area contributed by atoms with E-state index in [0.29, 0.717) is 24.8 Å². The fourth-order valence-electron chi connectivity index (χ4n) is 6.99. The molecule has 0 aromatic heterocycles. The van der Waals surface area contributed by atoms with Crippen LogP contribution >= 0.6 is 0 Å². The third-order valence-corrected chi connectivity index (χ3v) is 8.55. The number of allylic oxidation sites excluding steroid dienone is 4. The maximum Gasteiger partial charge on any atom is 0.190 e. The molecule has 4 aliphatic carbocycles. The second kappa shape index (κ2) is 5.70. The molecule has 0 radical (unpaired) electrons. The summed E-state index contributed by atoms with van der Waals surface area (Å²) in [6.07, 6.45) is 5.35. The Balaban J connectivity index is 1.85. The van der Waals surface area contributed by atoms with Gasteiger partial charge in [-0.3, -0.25) is 14.4 Å². The second-order valence-electron chi connectivity index (χ2n) is 9.57. The third kappa shape index (κ3) is 1.96. The molecule has 0 saturated heterocycles. The Kier molecular flexibility index (Phi) is 4.00. The van der Waals surface area contributed by atoms with Crippen molar-refractivity contribution in [2.24, 2.45) is 28.6 Å². The van der Waals surface area contributed by atoms with Crippen LogP contribution in [0.25, 0.3) is 0 Å². The minimum atomic E-state index is -2.17. The number of carbonyl (C=O) groups excluding carboxylic acids is 3. The van der Waals surface area contributed by atoms with Crippen LogP contribution in [0, 0.1) is 28.6 Å². The number of fused-ring (bicyclic) bond motifs is 5. The molecule has 152 valence electrons. The van der Waals surface area contributed by atoms with Crippen molar-refractivity contribution >= 4 is 17.3 Å². The molecule has 3 fully saturated rings. The Morgan fingerprint density at radius 3 is 2.61 bits per heavy atom. The number of hydrogen-bond acceptors (Lipinski definition) is 5. The minimum absolute atomic E-state index is 0.194. The topological polar surface area (TPSA) is 91.7 Å². The van der Waals surface area contributed by atoms with E-state index in [9.17, 15) is 24.6 Å². The number of halogens is 1. The minimum Gasteiger partial charge on any atom is -0.388 e. The maximum atomic E-state index is 16.8. The molecule has 6 heteroatoms. The molecule has 0 spiro atoms. The number of carbonyl (C=O) groups is 3. The summed E-state index contributed by atoms with van der Waals surface area (Å²) in [6.45, 7) is 4.30. The standard InChI is InChI=1S/C22H27FO5/c1-12-8-16-15-5-4-13-9-14(25)6-7-19(13,2)21(15,23)17(26)10-20(16,3)22(12,28)18(27)11-24/h6-7,9,12,15-16,24,28H,4-5,8,10-11H2,1-3H3/t12?,15-,16-,19-,20-,21-,22-/m0/s1. The lowest BCUT2D eigenvalue weighted by molar-refractivity contribution is -0.187. The first-order valence-electron chi connectivity index (χ1n) is 9.99. The molecule has 4 rings (SSSR count). The highest BCUT2D eigenvalue weighted by Crippen LogP contribution is 2.69. The molecule has 28 heavy (non-hydrogen) atoms. The van der Waals surface area contributed by atoms with Crippen molar-refractivity contribution in [3.8, 4) is 0 Å². The molecule has 7 atom stereocenters. The van der Waals surface area contributed by atoms with E-state index in [1.54, 1.807) is 20.8 Å². The van der Waals surface area contributed by atoms with Crippen LogP contribution in [-0.4, -0.2) is 45.4 Å². The first-order chi connectivity index (χ1) is 13.0. The van der Waals surface area contributed by atoms with Gasteiger partial charge in [0.1, 0.15) is 12.2 Å². The highest BCUT2D eigenvalue weighted by molar-refractivity contribution is 6.03. The Hall–Kier alpha value is -1.66. The van der Waals surface area contributed by atoms with E-state index in [2.05, 4.69) is 0 Å². The smallest absolute Gasteiger partial charge is 0.190 e. The Bertz CT molecular complexity index is 846. The zero-order valence-electron chi connectivity index (χ0n) is 16.5. The lowest BCUT2D eigenvalue weighted by atomic mass is 9.45. The van der Waals surface area contributed by atoms with E-state index in [1.165, 1.54) is 18.2 Å². The van der Waals surface area contributed by atoms with Gasteiger partial charge in [0.15, 0.2) is 23.0 Å². The summed E-state index contributed by atoms with van der Waals surface area (Å²) >= 11 is 0. The molecule has 0 bridgehead atoms. The number of aliphatic hydroxyl groups excluding tert-OH is 1. The molecule has 1 unspecified atom stereocenters. The number of Topliss-reactive ketones (excluding diaryl/α,β-unsaturated/α-hetero) is 2. The van der Waals surface area contributed by atoms with Crippen molar-refractivity contribution in [1.29, 1.82) is 0 Å². The molecule has 0 aromatic carbocycles. The zero-order valence-corrected chi connectivity index (χ0v) is 16.5. The van der Waals surface area contributed by atoms with Crippen molar-refractivity contribution < 1.29 is 29.0 Å². The van der Waals surface area contributed by atoms with Gasteiger partial charge in [0.2, 0.25) is 0 Å². The molecule has 0 aliphatic heterocycles. The van der Waals surface area contributed by atoms with Crippen molar-refractivity contribution in [2.45, 2.75) is 57.7 Å². The Morgan fingerprint density at radius 2 is 1.96 bits per heavy atom. The summed E-state index contributed by atoms with van der Waals surface area (Å²) in [4.78, 5) is 37.7. The summed E-state index contributed by atoms with van der Waals surface area (Å²) in [5, 5.41) is 20.8. The molecular formula is C22H27FO5. The van der Waals surface area contributed by atoms with Gasteiger partial charge in [0.25, 0.3) is 0 Å². The van der Waals surface area contributed by atoms with Crippen LogP contribution in [0.3, 0.4) is 0 Å². The van der Waals surface area contributed by atoms with Gasteiger partial charge in [0, 0.05) is 23.2 Å². The third-order valence-electron chi connectivity index (χ3n) is 8.55. The van der Waals surface area contributed by atoms with Crippen LogP contribution in [0.2, 0.25) is 0 Å². The fraction of sp³-hybridized carbons (Fsp3) is 0.682. The van der Waals surface area contributed by atoms with Gasteiger partial charge in [-0.05, 0) is 50.2 Å². The van der Waals surface area contributed by atoms with Crippen molar-refractivity contribution in [2.75, 3.05) is 6.61 Å². The van der Waals surface area contributed by atoms with Gasteiger partial charge >= 0.3 is 0 Å². The predicted octanol–water partition coefficient (Wildman–Crippen LogP) is 2.10. The van der Waals surface area contributed by atoms with E-state index in [0.717, 1.165) is 0 Å². The quantitative estimate of drug-likeness (QED) is 0.753. The first-order valence-corrected chi connectivity index (χ1v) is 9.99. The maximum absolute atomic E-state index is 16.8. The van der Waals surface area contributed by atoms with Crippen LogP contribution in [0.5, 0.6) is 0 Å². The summed E-state index contributed by atoms with van der Waals surface area (Å²) in [5.41, 5.74) is -5.68. The van der Waals surface area contributed by atoms with Gasteiger partial charge < -0.3 is 10.2 Å². The van der Waals surface area contributed by atoms with E-state index in [4.69, 9.17) is 0 Å². The number of hydrogen-bond donors (Lipinski definition) is 2. The van der Waals surface area contributed by atoms with E-state index in [-0.39, 0.29) is 18.1 Å². The van der Waals surface area contributed by atoms with E-state index >= 15 is 4.39 Å². The van der Waals surface area contributed by atoms with Crippen molar-refractivity contribution in [3.63, 3.8) is 0 Å². The van der Waals surface area contributed by atoms with Gasteiger partial charge in [-0.15, -0.1) is 0 Å². The lowest BCUT2D eigenvalue weighted by Crippen LogP contribution is -2.68. The number of aliphatic hydroxyl groups is 2. The highest BCUT2D eigenvalue weighted by atomic mass is 19.1. The molecular weight excluding hydrogens is 363 g/mol. The van der Waals surface area contributed by atoms with Crippen molar-refractivity contribution in [1.82, 2.24) is 0 Å². The van der Waals surface area contributed by atoms with Gasteiger partial charge in [-0.1, -0.05) is 25.5 Å².